The van der Waals surface area contributed by atoms with Gasteiger partial charge in [0.15, 0.2) is 11.6 Å². The van der Waals surface area contributed by atoms with Crippen LogP contribution in [0.1, 0.15) is 25.7 Å². The number of fused-ring (bicyclic) bond motifs is 1. The quantitative estimate of drug-likeness (QED) is 0.747. The van der Waals surface area contributed by atoms with Crippen LogP contribution >= 0.6 is 0 Å². The lowest BCUT2D eigenvalue weighted by Crippen LogP contribution is -2.59. The molecular weight excluding hydrogens is 405 g/mol. The van der Waals surface area contributed by atoms with Gasteiger partial charge in [0, 0.05) is 42.2 Å². The van der Waals surface area contributed by atoms with Gasteiger partial charge in [-0.2, -0.15) is 0 Å². The molecule has 0 bridgehead atoms. The number of hydrogen-bond acceptors (Lipinski definition) is 5. The molecule has 2 aliphatic heterocycles. The molecule has 5 nitrogen and oxygen atoms in total. The van der Waals surface area contributed by atoms with E-state index < -0.39 is 17.5 Å². The second-order valence-electron chi connectivity index (χ2n) is 9.89. The number of nitrogens with zero attached hydrogens (tertiary/aromatic N) is 3. The van der Waals surface area contributed by atoms with E-state index in [0.29, 0.717) is 35.2 Å². The summed E-state index contributed by atoms with van der Waals surface area (Å²) in [7, 11) is 0. The van der Waals surface area contributed by atoms with E-state index in [0.717, 1.165) is 38.2 Å². The minimum absolute atomic E-state index is 0.107. The zero-order valence-electron chi connectivity index (χ0n) is 17.2. The molecule has 3 atom stereocenters. The van der Waals surface area contributed by atoms with Gasteiger partial charge in [-0.05, 0) is 55.7 Å². The lowest BCUT2D eigenvalue weighted by molar-refractivity contribution is -0.183. The highest BCUT2D eigenvalue weighted by Crippen LogP contribution is 2.51. The zero-order valence-corrected chi connectivity index (χ0v) is 17.2. The number of ether oxygens (including phenoxy) is 1. The molecule has 164 valence electrons. The van der Waals surface area contributed by atoms with Gasteiger partial charge in [-0.25, -0.2) is 13.2 Å². The van der Waals surface area contributed by atoms with Gasteiger partial charge in [-0.1, -0.05) is 0 Å². The highest BCUT2D eigenvalue weighted by molar-refractivity contribution is 5.60. The van der Waals surface area contributed by atoms with E-state index in [2.05, 4.69) is 20.4 Å². The Morgan fingerprint density at radius 2 is 1.74 bits per heavy atom. The predicted octanol–water partition coefficient (Wildman–Crippen LogP) is 3.86. The summed E-state index contributed by atoms with van der Waals surface area (Å²) in [5.74, 6) is -1.17. The van der Waals surface area contributed by atoms with Gasteiger partial charge in [0.25, 0.3) is 0 Å². The van der Waals surface area contributed by atoms with Gasteiger partial charge in [0.2, 0.25) is 0 Å². The van der Waals surface area contributed by atoms with Crippen LogP contribution in [0.3, 0.4) is 0 Å². The van der Waals surface area contributed by atoms with Crippen molar-refractivity contribution >= 4 is 5.82 Å². The van der Waals surface area contributed by atoms with Crippen LogP contribution in [-0.2, 0) is 4.74 Å². The summed E-state index contributed by atoms with van der Waals surface area (Å²) in [5.41, 5.74) is 0.395. The molecule has 3 heterocycles. The summed E-state index contributed by atoms with van der Waals surface area (Å²) in [6.45, 7) is 4.27. The third-order valence-corrected chi connectivity index (χ3v) is 7.73. The lowest BCUT2D eigenvalue weighted by atomic mass is 9.63. The van der Waals surface area contributed by atoms with Gasteiger partial charge < -0.3 is 10.1 Å². The van der Waals surface area contributed by atoms with Crippen LogP contribution in [0, 0.1) is 34.7 Å². The van der Waals surface area contributed by atoms with Crippen LogP contribution < -0.4 is 5.32 Å². The fourth-order valence-corrected chi connectivity index (χ4v) is 6.08. The first-order valence-electron chi connectivity index (χ1n) is 11.0. The third-order valence-electron chi connectivity index (χ3n) is 7.73. The monoisotopic (exact) mass is 430 g/mol. The Bertz CT molecular complexity index is 975. The molecule has 0 unspecified atom stereocenters. The van der Waals surface area contributed by atoms with Crippen molar-refractivity contribution in [2.75, 3.05) is 31.6 Å². The van der Waals surface area contributed by atoms with E-state index in [-0.39, 0.29) is 11.3 Å². The van der Waals surface area contributed by atoms with E-state index in [1.807, 2.05) is 0 Å². The Hall–Kier alpha value is -2.19. The molecule has 2 saturated heterocycles. The van der Waals surface area contributed by atoms with Gasteiger partial charge in [-0.15, -0.1) is 10.2 Å². The number of rotatable bonds is 4. The maximum atomic E-state index is 14.0. The van der Waals surface area contributed by atoms with Crippen LogP contribution in [0.15, 0.2) is 24.3 Å². The molecule has 2 aliphatic carbocycles. The van der Waals surface area contributed by atoms with Crippen molar-refractivity contribution in [2.45, 2.75) is 37.8 Å². The normalized spacial score (nSPS) is 29.6. The minimum Gasteiger partial charge on any atom is -0.380 e. The van der Waals surface area contributed by atoms with Crippen molar-refractivity contribution in [3.8, 4) is 11.3 Å². The summed E-state index contributed by atoms with van der Waals surface area (Å²) < 4.78 is 46.3. The molecule has 4 aliphatic rings. The second kappa shape index (κ2) is 7.17. The van der Waals surface area contributed by atoms with Crippen molar-refractivity contribution in [1.82, 2.24) is 15.1 Å². The number of likely N-dealkylation sites (tertiary alicyclic amines) is 1. The Morgan fingerprint density at radius 1 is 1.00 bits per heavy atom. The average molecular weight is 430 g/mol. The van der Waals surface area contributed by atoms with Crippen LogP contribution in [0.4, 0.5) is 19.0 Å². The summed E-state index contributed by atoms with van der Waals surface area (Å²) in [6, 6.07) is 5.77. The van der Waals surface area contributed by atoms with Crippen molar-refractivity contribution < 1.29 is 17.9 Å². The smallest absolute Gasteiger partial charge is 0.168 e. The number of benzene rings is 1. The Labute approximate surface area is 179 Å². The molecule has 1 N–H and O–H groups in total. The number of aromatic nitrogens is 2. The van der Waals surface area contributed by atoms with E-state index in [9.17, 15) is 13.2 Å². The van der Waals surface area contributed by atoms with Crippen LogP contribution in [0.25, 0.3) is 11.3 Å². The number of hydrogen-bond donors (Lipinski definition) is 1. The third kappa shape index (κ3) is 3.40. The number of nitrogens with one attached hydrogen (secondary N) is 1. The summed E-state index contributed by atoms with van der Waals surface area (Å²) >= 11 is 0. The van der Waals surface area contributed by atoms with E-state index in [1.54, 1.807) is 12.1 Å². The molecular formula is C23H25F3N4O. The summed E-state index contributed by atoms with van der Waals surface area (Å²) in [4.78, 5) is 2.69. The van der Waals surface area contributed by atoms with Crippen molar-refractivity contribution in [1.29, 1.82) is 0 Å². The minimum atomic E-state index is -1.23. The number of anilines is 1. The Morgan fingerprint density at radius 3 is 2.35 bits per heavy atom. The number of halogens is 3. The summed E-state index contributed by atoms with van der Waals surface area (Å²) in [6.07, 6.45) is 4.81. The lowest BCUT2D eigenvalue weighted by Gasteiger charge is -2.55. The first-order valence-corrected chi connectivity index (χ1v) is 11.0. The van der Waals surface area contributed by atoms with Gasteiger partial charge in [-0.3, -0.25) is 4.90 Å². The maximum Gasteiger partial charge on any atom is 0.168 e. The largest absolute Gasteiger partial charge is 0.380 e. The van der Waals surface area contributed by atoms with E-state index >= 15 is 0 Å². The molecule has 4 fully saturated rings. The topological polar surface area (TPSA) is 50.3 Å². The molecule has 2 aromatic rings. The van der Waals surface area contributed by atoms with E-state index in [4.69, 9.17) is 4.74 Å². The van der Waals surface area contributed by atoms with Crippen LogP contribution in [0.2, 0.25) is 0 Å². The van der Waals surface area contributed by atoms with Gasteiger partial charge >= 0.3 is 0 Å². The van der Waals surface area contributed by atoms with Crippen molar-refractivity contribution in [3.63, 3.8) is 0 Å². The first kappa shape index (κ1) is 19.5. The molecule has 8 heteroatoms. The molecule has 1 aromatic heterocycles. The molecule has 31 heavy (non-hydrogen) atoms. The SMILES string of the molecule is Fc1cc(F)c(F)c(-c2ccc(N[C@H]3C[C@@H]4CN(C5CC6(COC6)C5)C[C@@H]4C3)nn2)c1. The fraction of sp³-hybridized carbons (Fsp3) is 0.565. The zero-order chi connectivity index (χ0) is 21.2. The molecule has 6 rings (SSSR count). The second-order valence-corrected chi connectivity index (χ2v) is 9.89. The van der Waals surface area contributed by atoms with Crippen LogP contribution in [0.5, 0.6) is 0 Å². The highest BCUT2D eigenvalue weighted by Gasteiger charge is 2.53. The predicted molar refractivity (Wildman–Crippen MR) is 109 cm³/mol. The molecule has 1 aromatic carbocycles. The fourth-order valence-electron chi connectivity index (χ4n) is 6.08. The van der Waals surface area contributed by atoms with Crippen molar-refractivity contribution in [2.24, 2.45) is 17.3 Å². The molecule has 2 saturated carbocycles. The standard InChI is InChI=1S/C23H25F3N4O/c24-15-5-18(22(26)19(25)6-15)20-1-2-21(29-28-20)27-16-3-13-9-30(10-14(13)4-16)17-7-23(8-17)11-31-12-23/h1-2,5-6,13-14,16-17H,3-4,7-12H2,(H,27,29)/t13-,14+,16+. The molecule has 0 radical (unpaired) electrons. The van der Waals surface area contributed by atoms with E-state index in [1.165, 1.54) is 25.9 Å². The summed E-state index contributed by atoms with van der Waals surface area (Å²) in [5, 5.41) is 11.5. The van der Waals surface area contributed by atoms with Gasteiger partial charge in [0.05, 0.1) is 18.9 Å². The first-order chi connectivity index (χ1) is 15.0. The Balaban J connectivity index is 1.05. The van der Waals surface area contributed by atoms with Gasteiger partial charge in [0.1, 0.15) is 11.6 Å². The Kier molecular flexibility index (Phi) is 4.51. The molecule has 1 spiro atoms. The van der Waals surface area contributed by atoms with Crippen LogP contribution in [-0.4, -0.2) is 53.5 Å². The maximum absolute atomic E-state index is 14.0. The van der Waals surface area contributed by atoms with Crippen molar-refractivity contribution in [3.05, 3.63) is 41.7 Å². The highest BCUT2D eigenvalue weighted by atomic mass is 19.2. The average Bonchev–Trinajstić information content (AvgIpc) is 3.21. The molecule has 0 amide bonds.